The Morgan fingerprint density at radius 2 is 2.00 bits per heavy atom. The van der Waals surface area contributed by atoms with Crippen LogP contribution in [0.2, 0.25) is 0 Å². The summed E-state index contributed by atoms with van der Waals surface area (Å²) in [4.78, 5) is 4.21. The molecule has 1 aliphatic rings. The summed E-state index contributed by atoms with van der Waals surface area (Å²) in [6.07, 6.45) is 9.20. The van der Waals surface area contributed by atoms with E-state index < -0.39 is 0 Å². The lowest BCUT2D eigenvalue weighted by Crippen LogP contribution is -2.31. The summed E-state index contributed by atoms with van der Waals surface area (Å²) < 4.78 is 8.15. The molecule has 2 atom stereocenters. The molecule has 1 aliphatic heterocycles. The van der Waals surface area contributed by atoms with Gasteiger partial charge in [0.15, 0.2) is 0 Å². The topological polar surface area (TPSA) is 39.1 Å². The van der Waals surface area contributed by atoms with Crippen molar-refractivity contribution in [3.8, 4) is 0 Å². The highest BCUT2D eigenvalue weighted by molar-refractivity contribution is 5.19. The molecule has 4 nitrogen and oxygen atoms in total. The van der Waals surface area contributed by atoms with Gasteiger partial charge in [-0.1, -0.05) is 36.4 Å². The van der Waals surface area contributed by atoms with Crippen molar-refractivity contribution in [2.45, 2.75) is 31.7 Å². The molecule has 1 fully saturated rings. The molecule has 0 amide bonds. The van der Waals surface area contributed by atoms with Gasteiger partial charge in [0.1, 0.15) is 0 Å². The quantitative estimate of drug-likeness (QED) is 0.750. The first-order valence-corrected chi connectivity index (χ1v) is 8.82. The summed E-state index contributed by atoms with van der Waals surface area (Å²) >= 11 is 0. The Kier molecular flexibility index (Phi) is 4.91. The number of hydrogen-bond acceptors (Lipinski definition) is 3. The van der Waals surface area contributed by atoms with E-state index in [0.717, 1.165) is 31.7 Å². The minimum absolute atomic E-state index is 0.0973. The fraction of sp³-hybridized carbons (Fsp3) is 0.286. The van der Waals surface area contributed by atoms with Gasteiger partial charge >= 0.3 is 0 Å². The van der Waals surface area contributed by atoms with Gasteiger partial charge in [-0.3, -0.25) is 4.98 Å². The number of ether oxygens (including phenoxy) is 1. The number of benzene rings is 1. The number of nitrogens with one attached hydrogen (secondary N) is 1. The second-order valence-electron chi connectivity index (χ2n) is 6.53. The van der Waals surface area contributed by atoms with Gasteiger partial charge in [-0.15, -0.1) is 0 Å². The summed E-state index contributed by atoms with van der Waals surface area (Å²) in [5, 5.41) is 3.66. The lowest BCUT2D eigenvalue weighted by Gasteiger charge is -2.19. The zero-order valence-corrected chi connectivity index (χ0v) is 14.2. The van der Waals surface area contributed by atoms with Gasteiger partial charge in [0.25, 0.3) is 0 Å². The van der Waals surface area contributed by atoms with Gasteiger partial charge < -0.3 is 14.6 Å². The van der Waals surface area contributed by atoms with Crippen LogP contribution in [0.5, 0.6) is 0 Å². The molecule has 4 heteroatoms. The molecule has 0 radical (unpaired) electrons. The van der Waals surface area contributed by atoms with E-state index in [0.29, 0.717) is 6.04 Å². The molecule has 1 N–H and O–H groups in total. The first kappa shape index (κ1) is 16.1. The van der Waals surface area contributed by atoms with Crippen molar-refractivity contribution in [3.05, 3.63) is 90.0 Å². The summed E-state index contributed by atoms with van der Waals surface area (Å²) in [6, 6.07) is 17.1. The van der Waals surface area contributed by atoms with Gasteiger partial charge in [0.05, 0.1) is 6.10 Å². The van der Waals surface area contributed by atoms with E-state index in [9.17, 15) is 0 Å². The van der Waals surface area contributed by atoms with E-state index in [4.69, 9.17) is 4.74 Å². The zero-order valence-electron chi connectivity index (χ0n) is 14.2. The van der Waals surface area contributed by atoms with Crippen LogP contribution in [-0.2, 0) is 17.8 Å². The van der Waals surface area contributed by atoms with Crippen LogP contribution in [0.25, 0.3) is 0 Å². The summed E-state index contributed by atoms with van der Waals surface area (Å²) in [7, 11) is 0. The number of nitrogens with zero attached hydrogens (tertiary/aromatic N) is 2. The van der Waals surface area contributed by atoms with E-state index in [1.54, 1.807) is 6.20 Å². The molecule has 1 aromatic carbocycles. The van der Waals surface area contributed by atoms with Crippen LogP contribution in [-0.4, -0.2) is 22.2 Å². The Labute approximate surface area is 148 Å². The van der Waals surface area contributed by atoms with Crippen molar-refractivity contribution >= 4 is 0 Å². The molecule has 0 aliphatic carbocycles. The number of hydrogen-bond donors (Lipinski definition) is 1. The maximum Gasteiger partial charge on any atom is 0.0993 e. The molecule has 0 saturated carbocycles. The normalized spacial score (nSPS) is 20.0. The van der Waals surface area contributed by atoms with Crippen LogP contribution in [0.4, 0.5) is 0 Å². The standard InChI is InChI=1S/C21H23N3O/c1-2-5-17(6-3-1)15-24-11-8-18(16-24)13-23-20-9-12-25-21(20)19-7-4-10-22-14-19/h1-8,10-11,14,16,20-21,23H,9,12-13,15H2/t20-,21+/m0/s1. The molecule has 2 aromatic heterocycles. The fourth-order valence-corrected chi connectivity index (χ4v) is 3.41. The summed E-state index contributed by atoms with van der Waals surface area (Å²) in [6.45, 7) is 2.56. The van der Waals surface area contributed by atoms with Crippen molar-refractivity contribution in [2.24, 2.45) is 0 Å². The highest BCUT2D eigenvalue weighted by atomic mass is 16.5. The van der Waals surface area contributed by atoms with Gasteiger partial charge in [-0.05, 0) is 29.7 Å². The molecule has 3 heterocycles. The smallest absolute Gasteiger partial charge is 0.0993 e. The molecular weight excluding hydrogens is 310 g/mol. The average Bonchev–Trinajstić information content (AvgIpc) is 3.31. The van der Waals surface area contributed by atoms with E-state index in [-0.39, 0.29) is 6.10 Å². The predicted molar refractivity (Wildman–Crippen MR) is 98.2 cm³/mol. The maximum atomic E-state index is 5.92. The lowest BCUT2D eigenvalue weighted by molar-refractivity contribution is 0.0982. The molecule has 1 saturated heterocycles. The van der Waals surface area contributed by atoms with E-state index in [1.165, 1.54) is 11.1 Å². The van der Waals surface area contributed by atoms with Crippen LogP contribution < -0.4 is 5.32 Å². The molecule has 0 spiro atoms. The van der Waals surface area contributed by atoms with Crippen molar-refractivity contribution in [1.29, 1.82) is 0 Å². The minimum Gasteiger partial charge on any atom is -0.372 e. The van der Waals surface area contributed by atoms with E-state index >= 15 is 0 Å². The van der Waals surface area contributed by atoms with E-state index in [2.05, 4.69) is 69.7 Å². The molecule has 3 aromatic rings. The monoisotopic (exact) mass is 333 g/mol. The lowest BCUT2D eigenvalue weighted by atomic mass is 10.0. The van der Waals surface area contributed by atoms with Crippen molar-refractivity contribution in [1.82, 2.24) is 14.9 Å². The summed E-state index contributed by atoms with van der Waals surface area (Å²) in [5.74, 6) is 0. The van der Waals surface area contributed by atoms with Gasteiger partial charge in [0.2, 0.25) is 0 Å². The number of rotatable bonds is 6. The Balaban J connectivity index is 1.35. The highest BCUT2D eigenvalue weighted by Gasteiger charge is 2.29. The van der Waals surface area contributed by atoms with Crippen LogP contribution in [0.15, 0.2) is 73.3 Å². The molecule has 0 bridgehead atoms. The SMILES string of the molecule is c1ccc(Cn2ccc(CN[C@H]3CCO[C@@H]3c3cccnc3)c2)cc1. The first-order chi connectivity index (χ1) is 12.4. The fourth-order valence-electron chi connectivity index (χ4n) is 3.41. The van der Waals surface area contributed by atoms with Gasteiger partial charge in [-0.25, -0.2) is 0 Å². The molecule has 4 rings (SSSR count). The molecule has 128 valence electrons. The largest absolute Gasteiger partial charge is 0.372 e. The molecule has 25 heavy (non-hydrogen) atoms. The Morgan fingerprint density at radius 3 is 2.84 bits per heavy atom. The first-order valence-electron chi connectivity index (χ1n) is 8.82. The van der Waals surface area contributed by atoms with Crippen molar-refractivity contribution in [3.63, 3.8) is 0 Å². The van der Waals surface area contributed by atoms with Crippen LogP contribution in [0, 0.1) is 0 Å². The third-order valence-electron chi connectivity index (χ3n) is 4.69. The molecule has 0 unspecified atom stereocenters. The van der Waals surface area contributed by atoms with Crippen LogP contribution in [0.3, 0.4) is 0 Å². The number of aromatic nitrogens is 2. The highest BCUT2D eigenvalue weighted by Crippen LogP contribution is 2.28. The zero-order chi connectivity index (χ0) is 16.9. The van der Waals surface area contributed by atoms with Crippen molar-refractivity contribution in [2.75, 3.05) is 6.61 Å². The van der Waals surface area contributed by atoms with Gasteiger partial charge in [-0.2, -0.15) is 0 Å². The second kappa shape index (κ2) is 7.64. The third kappa shape index (κ3) is 3.98. The maximum absolute atomic E-state index is 5.92. The molecular formula is C21H23N3O. The van der Waals surface area contributed by atoms with Gasteiger partial charge in [0, 0.05) is 56.1 Å². The Bertz CT molecular complexity index is 785. The summed E-state index contributed by atoms with van der Waals surface area (Å²) in [5.41, 5.74) is 3.77. The number of pyridine rings is 1. The van der Waals surface area contributed by atoms with Crippen molar-refractivity contribution < 1.29 is 4.74 Å². The Morgan fingerprint density at radius 1 is 1.08 bits per heavy atom. The average molecular weight is 333 g/mol. The second-order valence-corrected chi connectivity index (χ2v) is 6.53. The third-order valence-corrected chi connectivity index (χ3v) is 4.69. The van der Waals surface area contributed by atoms with E-state index in [1.807, 2.05) is 12.3 Å². The minimum atomic E-state index is 0.0973. The Hall–Kier alpha value is -2.43. The van der Waals surface area contributed by atoms with Crippen LogP contribution >= 0.6 is 0 Å². The van der Waals surface area contributed by atoms with Crippen LogP contribution in [0.1, 0.15) is 29.2 Å². The predicted octanol–water partition coefficient (Wildman–Crippen LogP) is 3.55.